The summed E-state index contributed by atoms with van der Waals surface area (Å²) in [4.78, 5) is 0. The molecule has 0 N–H and O–H groups in total. The molecule has 0 heterocycles. The first-order valence-corrected chi connectivity index (χ1v) is 16.9. The average molecular weight is 604 g/mol. The summed E-state index contributed by atoms with van der Waals surface area (Å²) in [7, 11) is 0.892. The quantitative estimate of drug-likeness (QED) is 0.305. The van der Waals surface area contributed by atoms with Gasteiger partial charge in [-0.05, 0) is 37.0 Å². The molecule has 0 aliphatic heterocycles. The van der Waals surface area contributed by atoms with Crippen LogP contribution >= 0.6 is 15.8 Å². The first-order chi connectivity index (χ1) is 15.1. The summed E-state index contributed by atoms with van der Waals surface area (Å²) in [5.41, 5.74) is 3.78. The summed E-state index contributed by atoms with van der Waals surface area (Å²) in [6.07, 6.45) is 12.8. The van der Waals surface area contributed by atoms with Gasteiger partial charge < -0.3 is 24.8 Å². The molecule has 0 radical (unpaired) electrons. The fourth-order valence-electron chi connectivity index (χ4n) is 3.08. The molecule has 0 aliphatic carbocycles. The zero-order valence-electron chi connectivity index (χ0n) is 21.4. The van der Waals surface area contributed by atoms with Crippen molar-refractivity contribution in [3.05, 3.63) is 87.7 Å². The van der Waals surface area contributed by atoms with E-state index in [2.05, 4.69) is 106 Å². The summed E-state index contributed by atoms with van der Waals surface area (Å²) in [6, 6.07) is 21.0. The number of hydrogen-bond acceptors (Lipinski definition) is 0. The van der Waals surface area contributed by atoms with Crippen LogP contribution in [0, 0.1) is 0 Å². The second-order valence-electron chi connectivity index (χ2n) is 6.91. The van der Waals surface area contributed by atoms with Gasteiger partial charge in [-0.3, -0.25) is 0 Å². The van der Waals surface area contributed by atoms with Gasteiger partial charge >= 0.3 is 118 Å². The molecule has 0 saturated carbocycles. The van der Waals surface area contributed by atoms with Crippen LogP contribution in [-0.2, 0) is 24.7 Å². The minimum absolute atomic E-state index is 0. The predicted octanol–water partition coefficient (Wildman–Crippen LogP) is 3.24. The molecule has 0 spiro atoms. The van der Waals surface area contributed by atoms with Crippen LogP contribution in [0.4, 0.5) is 0 Å². The van der Waals surface area contributed by atoms with Crippen LogP contribution in [-0.4, -0.2) is 37.0 Å². The van der Waals surface area contributed by atoms with Crippen molar-refractivity contribution in [1.29, 1.82) is 0 Å². The van der Waals surface area contributed by atoms with Gasteiger partial charge in [-0.2, -0.15) is 0 Å². The Hall–Kier alpha value is 0.243. The zero-order valence-corrected chi connectivity index (χ0v) is 27.2. The Morgan fingerprint density at radius 1 is 0.606 bits per heavy atom. The van der Waals surface area contributed by atoms with Gasteiger partial charge in [0, 0.05) is 0 Å². The molecule has 183 valence electrons. The Morgan fingerprint density at radius 2 is 0.909 bits per heavy atom. The van der Waals surface area contributed by atoms with E-state index < -0.39 is 0 Å². The summed E-state index contributed by atoms with van der Waals surface area (Å²) in [5.74, 6) is 0. The van der Waals surface area contributed by atoms with Crippen LogP contribution in [0.25, 0.3) is 5.57 Å². The molecule has 0 amide bonds. The first kappa shape index (κ1) is 37.8. The van der Waals surface area contributed by atoms with Gasteiger partial charge in [0.25, 0.3) is 0 Å². The topological polar surface area (TPSA) is 0 Å². The normalized spacial score (nSPS) is 9.76. The molecule has 33 heavy (non-hydrogen) atoms. The van der Waals surface area contributed by atoms with Gasteiger partial charge in [0.05, 0.1) is 0 Å². The molecule has 2 rings (SSSR count). The van der Waals surface area contributed by atoms with Crippen molar-refractivity contribution < 1.29 is 49.5 Å². The SMILES string of the molecule is CCP(CC)CC.CCP(CC)CC.[Cl-].[Cl-].[Zr+2][CH]=CC=C(c1ccccc1)c1ccccc1. The van der Waals surface area contributed by atoms with E-state index in [4.69, 9.17) is 0 Å². The molecule has 0 aliphatic rings. The Kier molecular flexibility index (Phi) is 30.7. The van der Waals surface area contributed by atoms with Crippen molar-refractivity contribution in [2.24, 2.45) is 0 Å². The third-order valence-electron chi connectivity index (χ3n) is 5.21. The van der Waals surface area contributed by atoms with Crippen LogP contribution in [0.5, 0.6) is 0 Å². The van der Waals surface area contributed by atoms with Crippen molar-refractivity contribution >= 4 is 21.4 Å². The number of benzene rings is 2. The molecular formula is C28H43Cl2P2Zr. The summed E-state index contributed by atoms with van der Waals surface area (Å²) in [5, 5.41) is 0. The second-order valence-corrected chi connectivity index (χ2v) is 14.2. The van der Waals surface area contributed by atoms with E-state index in [-0.39, 0.29) is 24.8 Å². The summed E-state index contributed by atoms with van der Waals surface area (Å²) < 4.78 is 2.14. The van der Waals surface area contributed by atoms with E-state index in [1.807, 2.05) is 12.1 Å². The third-order valence-corrected chi connectivity index (χ3v) is 11.1. The van der Waals surface area contributed by atoms with Crippen molar-refractivity contribution in [3.8, 4) is 0 Å². The number of hydrogen-bond donors (Lipinski definition) is 0. The van der Waals surface area contributed by atoms with Crippen molar-refractivity contribution in [2.45, 2.75) is 41.5 Å². The van der Waals surface area contributed by atoms with E-state index in [0.29, 0.717) is 15.8 Å². The van der Waals surface area contributed by atoms with Crippen LogP contribution in [0.15, 0.2) is 76.6 Å². The van der Waals surface area contributed by atoms with Crippen LogP contribution < -0.4 is 24.8 Å². The first-order valence-electron chi connectivity index (χ1n) is 11.7. The fraction of sp³-hybridized carbons (Fsp3) is 0.429. The standard InChI is InChI=1S/C16H13.2C6H15P.2ClH.Zr/c1-2-9-16(14-10-5-3-6-11-14)15-12-7-4-8-13-15;2*1-4-7(5-2)6-3;;;/h1-13H;2*4-6H2,1-3H3;2*1H;/q;;;;;+2/p-2. The van der Waals surface area contributed by atoms with Crippen LogP contribution in [0.1, 0.15) is 52.7 Å². The van der Waals surface area contributed by atoms with Gasteiger partial charge in [-0.25, -0.2) is 0 Å². The number of rotatable bonds is 9. The van der Waals surface area contributed by atoms with Crippen molar-refractivity contribution in [3.63, 3.8) is 0 Å². The Balaban J connectivity index is -0.000000476. The third kappa shape index (κ3) is 18.2. The minimum atomic E-state index is 0. The monoisotopic (exact) mass is 601 g/mol. The molecule has 0 unspecified atom stereocenters. The molecule has 0 aromatic heterocycles. The zero-order chi connectivity index (χ0) is 23.3. The van der Waals surface area contributed by atoms with Gasteiger partial charge in [-0.1, -0.05) is 41.5 Å². The van der Waals surface area contributed by atoms with E-state index >= 15 is 0 Å². The molecule has 0 atom stereocenters. The molecule has 5 heteroatoms. The number of allylic oxidation sites excluding steroid dienone is 2. The summed E-state index contributed by atoms with van der Waals surface area (Å²) in [6.45, 7) is 13.7. The molecule has 0 saturated heterocycles. The van der Waals surface area contributed by atoms with E-state index in [0.717, 1.165) is 0 Å². The second kappa shape index (κ2) is 26.8. The summed E-state index contributed by atoms with van der Waals surface area (Å²) >= 11 is 1.42. The van der Waals surface area contributed by atoms with Crippen molar-refractivity contribution in [1.82, 2.24) is 0 Å². The molecule has 0 nitrogen and oxygen atoms in total. The molecule has 0 fully saturated rings. The van der Waals surface area contributed by atoms with Crippen LogP contribution in [0.3, 0.4) is 0 Å². The Morgan fingerprint density at radius 3 is 1.12 bits per heavy atom. The maximum absolute atomic E-state index is 2.29. The maximum atomic E-state index is 2.29. The molecule has 2 aromatic rings. The Bertz CT molecular complexity index is 634. The van der Waals surface area contributed by atoms with Gasteiger partial charge in [0.15, 0.2) is 0 Å². The predicted molar refractivity (Wildman–Crippen MR) is 146 cm³/mol. The number of halogens is 2. The van der Waals surface area contributed by atoms with Gasteiger partial charge in [0.1, 0.15) is 0 Å². The van der Waals surface area contributed by atoms with Gasteiger partial charge in [-0.15, -0.1) is 15.8 Å². The molecular weight excluding hydrogens is 560 g/mol. The van der Waals surface area contributed by atoms with Crippen LogP contribution in [0.2, 0.25) is 0 Å². The molecule has 0 bridgehead atoms. The fourth-order valence-corrected chi connectivity index (χ4v) is 6.00. The van der Waals surface area contributed by atoms with Crippen molar-refractivity contribution in [2.75, 3.05) is 37.0 Å². The van der Waals surface area contributed by atoms with Gasteiger partial charge in [0.2, 0.25) is 0 Å². The van der Waals surface area contributed by atoms with E-state index in [9.17, 15) is 0 Å². The van der Waals surface area contributed by atoms with E-state index in [1.165, 1.54) is 78.4 Å². The molecule has 2 aromatic carbocycles. The average Bonchev–Trinajstić information content (AvgIpc) is 2.84. The van der Waals surface area contributed by atoms with E-state index in [1.54, 1.807) is 0 Å². The Labute approximate surface area is 235 Å².